The van der Waals surface area contributed by atoms with Gasteiger partial charge in [-0.05, 0) is 30.2 Å². The van der Waals surface area contributed by atoms with Crippen LogP contribution in [0.15, 0.2) is 37.2 Å². The second-order valence-electron chi connectivity index (χ2n) is 4.81. The molecule has 7 heteroatoms. The van der Waals surface area contributed by atoms with Crippen LogP contribution < -0.4 is 10.1 Å². The molecule has 1 aromatic carbocycles. The second kappa shape index (κ2) is 8.31. The summed E-state index contributed by atoms with van der Waals surface area (Å²) in [6, 6.07) is 7.09. The minimum Gasteiger partial charge on any atom is -0.481 e. The third-order valence-corrected chi connectivity index (χ3v) is 3.45. The Morgan fingerprint density at radius 3 is 2.83 bits per heavy atom. The number of hydrogen-bond acceptors (Lipinski definition) is 5. The molecule has 1 aromatic heterocycles. The van der Waals surface area contributed by atoms with Crippen molar-refractivity contribution in [2.45, 2.75) is 6.92 Å². The number of alkyl carbamates (subject to hydrolysis) is 1. The van der Waals surface area contributed by atoms with Crippen molar-refractivity contribution in [2.75, 3.05) is 20.3 Å². The third kappa shape index (κ3) is 4.45. The van der Waals surface area contributed by atoms with Crippen molar-refractivity contribution >= 4 is 23.3 Å². The predicted molar refractivity (Wildman–Crippen MR) is 93.1 cm³/mol. The zero-order chi connectivity index (χ0) is 17.5. The Morgan fingerprint density at radius 2 is 2.12 bits per heavy atom. The van der Waals surface area contributed by atoms with Crippen LogP contribution in [-0.2, 0) is 4.74 Å². The largest absolute Gasteiger partial charge is 0.481 e. The van der Waals surface area contributed by atoms with Crippen molar-refractivity contribution in [3.8, 4) is 17.1 Å². The van der Waals surface area contributed by atoms with Gasteiger partial charge in [0.05, 0.1) is 19.4 Å². The number of ether oxygens (including phenoxy) is 2. The van der Waals surface area contributed by atoms with E-state index >= 15 is 0 Å². The van der Waals surface area contributed by atoms with Crippen LogP contribution in [0.4, 0.5) is 4.79 Å². The van der Waals surface area contributed by atoms with Gasteiger partial charge < -0.3 is 14.8 Å². The molecule has 1 amide bonds. The van der Waals surface area contributed by atoms with E-state index in [0.717, 1.165) is 11.1 Å². The summed E-state index contributed by atoms with van der Waals surface area (Å²) in [7, 11) is 1.53. The van der Waals surface area contributed by atoms with Crippen LogP contribution in [0.1, 0.15) is 12.5 Å². The molecule has 0 saturated carbocycles. The van der Waals surface area contributed by atoms with Crippen molar-refractivity contribution in [1.29, 1.82) is 0 Å². The van der Waals surface area contributed by atoms with Crippen molar-refractivity contribution < 1.29 is 14.3 Å². The van der Waals surface area contributed by atoms with Crippen LogP contribution in [0.5, 0.6) is 5.88 Å². The molecule has 0 aliphatic carbocycles. The topological polar surface area (TPSA) is 73.3 Å². The highest BCUT2D eigenvalue weighted by Crippen LogP contribution is 2.30. The molecule has 2 rings (SSSR count). The summed E-state index contributed by atoms with van der Waals surface area (Å²) in [6.07, 6.45) is 0.927. The first-order chi connectivity index (χ1) is 11.5. The fourth-order valence-electron chi connectivity index (χ4n) is 2.09. The summed E-state index contributed by atoms with van der Waals surface area (Å²) in [4.78, 5) is 19.7. The first-order valence-electron chi connectivity index (χ1n) is 7.30. The number of carbonyl (C=O) groups excluding carboxylic acids is 1. The van der Waals surface area contributed by atoms with Crippen LogP contribution in [0.2, 0.25) is 5.02 Å². The number of amides is 1. The van der Waals surface area contributed by atoms with E-state index in [1.807, 2.05) is 6.07 Å². The van der Waals surface area contributed by atoms with Gasteiger partial charge in [0, 0.05) is 23.2 Å². The van der Waals surface area contributed by atoms with E-state index in [4.69, 9.17) is 21.1 Å². The maximum atomic E-state index is 11.4. The van der Waals surface area contributed by atoms with Gasteiger partial charge in [-0.2, -0.15) is 0 Å². The van der Waals surface area contributed by atoms with Crippen LogP contribution in [0, 0.1) is 0 Å². The van der Waals surface area contributed by atoms with E-state index in [-0.39, 0.29) is 6.54 Å². The molecular formula is C17H18ClN3O3. The van der Waals surface area contributed by atoms with E-state index < -0.39 is 6.09 Å². The predicted octanol–water partition coefficient (Wildman–Crippen LogP) is 3.56. The van der Waals surface area contributed by atoms with Crippen molar-refractivity contribution in [1.82, 2.24) is 15.3 Å². The summed E-state index contributed by atoms with van der Waals surface area (Å²) >= 11 is 6.12. The molecule has 0 unspecified atom stereocenters. The van der Waals surface area contributed by atoms with Gasteiger partial charge in [-0.25, -0.2) is 14.8 Å². The first-order valence-corrected chi connectivity index (χ1v) is 7.67. The zero-order valence-electron chi connectivity index (χ0n) is 13.5. The van der Waals surface area contributed by atoms with Gasteiger partial charge in [-0.15, -0.1) is 0 Å². The molecule has 0 bridgehead atoms. The Hall–Kier alpha value is -2.60. The quantitative estimate of drug-likeness (QED) is 0.864. The number of hydrogen-bond donors (Lipinski definition) is 1. The normalized spacial score (nSPS) is 10.1. The molecular weight excluding hydrogens is 330 g/mol. The first kappa shape index (κ1) is 17.7. The Bertz CT molecular complexity index is 750. The summed E-state index contributed by atoms with van der Waals surface area (Å²) in [5.74, 6) is 0.446. The average Bonchev–Trinajstić information content (AvgIpc) is 2.60. The zero-order valence-corrected chi connectivity index (χ0v) is 14.3. The number of benzene rings is 1. The molecule has 24 heavy (non-hydrogen) atoms. The Labute approximate surface area is 145 Å². The van der Waals surface area contributed by atoms with Gasteiger partial charge in [0.15, 0.2) is 0 Å². The van der Waals surface area contributed by atoms with Crippen LogP contribution >= 0.6 is 11.6 Å². The number of aromatic nitrogens is 2. The van der Waals surface area contributed by atoms with E-state index in [1.165, 1.54) is 13.4 Å². The SMILES string of the molecule is C=C(CNC(=O)OCC)c1ccc(Cl)cc1-c1cc(OC)ncn1. The standard InChI is InChI=1S/C17H18ClN3O3/c1-4-24-17(22)19-9-11(2)13-6-5-12(18)7-14(13)15-8-16(23-3)21-10-20-15/h5-8,10H,2,4,9H2,1,3H3,(H,19,22). The third-order valence-electron chi connectivity index (χ3n) is 3.21. The van der Waals surface area contributed by atoms with Crippen LogP contribution in [-0.4, -0.2) is 36.3 Å². The van der Waals surface area contributed by atoms with Crippen LogP contribution in [0.25, 0.3) is 16.8 Å². The fraction of sp³-hybridized carbons (Fsp3) is 0.235. The maximum Gasteiger partial charge on any atom is 0.407 e. The minimum atomic E-state index is -0.488. The smallest absolute Gasteiger partial charge is 0.407 e. The molecule has 0 spiro atoms. The Kier molecular flexibility index (Phi) is 6.14. The number of methoxy groups -OCH3 is 1. The van der Waals surface area contributed by atoms with E-state index in [2.05, 4.69) is 21.9 Å². The number of nitrogens with one attached hydrogen (secondary N) is 1. The van der Waals surface area contributed by atoms with Gasteiger partial charge in [0.2, 0.25) is 5.88 Å². The van der Waals surface area contributed by atoms with E-state index in [9.17, 15) is 4.79 Å². The maximum absolute atomic E-state index is 11.4. The van der Waals surface area contributed by atoms with Crippen LogP contribution in [0.3, 0.4) is 0 Å². The lowest BCUT2D eigenvalue weighted by Crippen LogP contribution is -2.25. The molecule has 0 aliphatic heterocycles. The summed E-state index contributed by atoms with van der Waals surface area (Å²) in [5, 5.41) is 3.21. The molecule has 0 radical (unpaired) electrons. The molecule has 2 aromatic rings. The van der Waals surface area contributed by atoms with Gasteiger partial charge in [0.25, 0.3) is 0 Å². The molecule has 0 saturated heterocycles. The lowest BCUT2D eigenvalue weighted by atomic mass is 9.98. The monoisotopic (exact) mass is 347 g/mol. The van der Waals surface area contributed by atoms with Crippen molar-refractivity contribution in [2.24, 2.45) is 0 Å². The molecule has 6 nitrogen and oxygen atoms in total. The molecule has 0 aliphatic rings. The fourth-order valence-corrected chi connectivity index (χ4v) is 2.26. The number of carbonyl (C=O) groups is 1. The molecule has 0 fully saturated rings. The number of halogens is 1. The number of rotatable bonds is 6. The van der Waals surface area contributed by atoms with Crippen molar-refractivity contribution in [3.05, 3.63) is 47.8 Å². The highest BCUT2D eigenvalue weighted by atomic mass is 35.5. The second-order valence-corrected chi connectivity index (χ2v) is 5.25. The number of nitrogens with zero attached hydrogens (tertiary/aromatic N) is 2. The minimum absolute atomic E-state index is 0.246. The molecule has 126 valence electrons. The van der Waals surface area contributed by atoms with Gasteiger partial charge in [-0.1, -0.05) is 24.2 Å². The summed E-state index contributed by atoms with van der Waals surface area (Å²) in [6.45, 7) is 6.33. The lowest BCUT2D eigenvalue weighted by molar-refractivity contribution is 0.153. The highest BCUT2D eigenvalue weighted by molar-refractivity contribution is 6.31. The van der Waals surface area contributed by atoms with Crippen molar-refractivity contribution in [3.63, 3.8) is 0 Å². The van der Waals surface area contributed by atoms with E-state index in [0.29, 0.717) is 28.8 Å². The molecule has 1 N–H and O–H groups in total. The van der Waals surface area contributed by atoms with Gasteiger partial charge >= 0.3 is 6.09 Å². The van der Waals surface area contributed by atoms with Gasteiger partial charge in [0.1, 0.15) is 6.33 Å². The highest BCUT2D eigenvalue weighted by Gasteiger charge is 2.12. The average molecular weight is 348 g/mol. The summed E-state index contributed by atoms with van der Waals surface area (Å²) in [5.41, 5.74) is 2.94. The summed E-state index contributed by atoms with van der Waals surface area (Å²) < 4.78 is 9.98. The molecule has 1 heterocycles. The van der Waals surface area contributed by atoms with E-state index in [1.54, 1.807) is 25.1 Å². The Morgan fingerprint density at radius 1 is 1.33 bits per heavy atom. The Balaban J connectivity index is 2.30. The molecule has 0 atom stereocenters. The van der Waals surface area contributed by atoms with Gasteiger partial charge in [-0.3, -0.25) is 0 Å². The lowest BCUT2D eigenvalue weighted by Gasteiger charge is -2.13.